The maximum absolute atomic E-state index is 10.7. The second kappa shape index (κ2) is 3.18. The Labute approximate surface area is 81.7 Å². The molecule has 0 bridgehead atoms. The molecule has 4 nitrogen and oxygen atoms in total. The van der Waals surface area contributed by atoms with Gasteiger partial charge >= 0.3 is 5.69 Å². The van der Waals surface area contributed by atoms with Crippen molar-refractivity contribution >= 4 is 15.9 Å². The van der Waals surface area contributed by atoms with Crippen molar-refractivity contribution < 1.29 is 4.52 Å². The van der Waals surface area contributed by atoms with Crippen LogP contribution in [0.15, 0.2) is 38.1 Å². The molecule has 0 unspecified atom stereocenters. The highest BCUT2D eigenvalue weighted by molar-refractivity contribution is 9.10. The summed E-state index contributed by atoms with van der Waals surface area (Å²) in [4.78, 5) is 14.3. The molecule has 1 heterocycles. The summed E-state index contributed by atoms with van der Waals surface area (Å²) in [5, 5.41) is 2.13. The summed E-state index contributed by atoms with van der Waals surface area (Å²) in [6.45, 7) is 0. The van der Waals surface area contributed by atoms with Crippen molar-refractivity contribution in [1.29, 1.82) is 0 Å². The first-order valence-corrected chi connectivity index (χ1v) is 4.37. The molecule has 1 aromatic carbocycles. The third-order valence-electron chi connectivity index (χ3n) is 1.54. The summed E-state index contributed by atoms with van der Waals surface area (Å²) in [7, 11) is 0. The van der Waals surface area contributed by atoms with Crippen LogP contribution < -0.4 is 5.69 Å². The van der Waals surface area contributed by atoms with Gasteiger partial charge in [-0.15, -0.1) is 0 Å². The number of H-pyrrole nitrogens is 1. The van der Waals surface area contributed by atoms with Gasteiger partial charge in [0, 0.05) is 4.47 Å². The van der Waals surface area contributed by atoms with Gasteiger partial charge < -0.3 is 4.52 Å². The fourth-order valence-electron chi connectivity index (χ4n) is 0.980. The van der Waals surface area contributed by atoms with Gasteiger partial charge in [-0.3, -0.25) is 0 Å². The molecule has 0 amide bonds. The van der Waals surface area contributed by atoms with Gasteiger partial charge in [0.25, 0.3) is 5.89 Å². The van der Waals surface area contributed by atoms with Gasteiger partial charge in [0.15, 0.2) is 0 Å². The minimum Gasteiger partial charge on any atom is -0.357 e. The lowest BCUT2D eigenvalue weighted by Gasteiger charge is -1.95. The van der Waals surface area contributed by atoms with E-state index in [1.807, 2.05) is 24.3 Å². The zero-order chi connectivity index (χ0) is 9.26. The number of nitrogens with one attached hydrogen (secondary N) is 1. The first-order valence-electron chi connectivity index (χ1n) is 3.58. The summed E-state index contributed by atoms with van der Waals surface area (Å²) >= 11 is 3.33. The Bertz CT molecular complexity index is 475. The Balaban J connectivity index is 2.58. The molecule has 1 aromatic heterocycles. The highest BCUT2D eigenvalue weighted by atomic mass is 79.9. The number of hydrogen-bond acceptors (Lipinski definition) is 3. The summed E-state index contributed by atoms with van der Waals surface area (Å²) in [5.74, 6) is 0.289. The standard InChI is InChI=1S/C8H5BrN2O2/c9-6-4-2-1-3-5(6)7-10-8(12)11-13-7/h1-4H,(H,11,12). The second-order valence-corrected chi connectivity index (χ2v) is 3.26. The van der Waals surface area contributed by atoms with Gasteiger partial charge in [0.1, 0.15) is 0 Å². The average molecular weight is 241 g/mol. The predicted molar refractivity (Wildman–Crippen MR) is 50.3 cm³/mol. The van der Waals surface area contributed by atoms with Crippen LogP contribution in [0, 0.1) is 0 Å². The van der Waals surface area contributed by atoms with Gasteiger partial charge in [0.2, 0.25) is 0 Å². The quantitative estimate of drug-likeness (QED) is 0.827. The molecule has 0 aliphatic carbocycles. The largest absolute Gasteiger partial charge is 0.377 e. The number of rotatable bonds is 1. The van der Waals surface area contributed by atoms with E-state index >= 15 is 0 Å². The van der Waals surface area contributed by atoms with E-state index in [0.29, 0.717) is 0 Å². The number of halogens is 1. The first kappa shape index (κ1) is 8.25. The SMILES string of the molecule is O=c1nc(-c2ccccc2Br)o[nH]1. The summed E-state index contributed by atoms with van der Waals surface area (Å²) in [5.41, 5.74) is 0.270. The van der Waals surface area contributed by atoms with Crippen LogP contribution in [0.5, 0.6) is 0 Å². The Kier molecular flexibility index (Phi) is 2.02. The molecule has 0 atom stereocenters. The molecule has 2 aromatic rings. The Morgan fingerprint density at radius 2 is 2.15 bits per heavy atom. The van der Waals surface area contributed by atoms with Crippen molar-refractivity contribution in [3.05, 3.63) is 39.2 Å². The van der Waals surface area contributed by atoms with Crippen LogP contribution in [0.3, 0.4) is 0 Å². The molecular weight excluding hydrogens is 236 g/mol. The van der Waals surface area contributed by atoms with Gasteiger partial charge in [0.05, 0.1) is 5.56 Å². The van der Waals surface area contributed by atoms with Crippen molar-refractivity contribution in [2.75, 3.05) is 0 Å². The van der Waals surface area contributed by atoms with Crippen molar-refractivity contribution in [1.82, 2.24) is 10.1 Å². The predicted octanol–water partition coefficient (Wildman–Crippen LogP) is 1.79. The molecule has 2 rings (SSSR count). The summed E-state index contributed by atoms with van der Waals surface area (Å²) in [6, 6.07) is 7.38. The molecule has 1 N–H and O–H groups in total. The van der Waals surface area contributed by atoms with Crippen LogP contribution in [-0.4, -0.2) is 10.1 Å². The third-order valence-corrected chi connectivity index (χ3v) is 2.23. The number of hydrogen-bond donors (Lipinski definition) is 1. The van der Waals surface area contributed by atoms with Crippen LogP contribution in [0.2, 0.25) is 0 Å². The van der Waals surface area contributed by atoms with Crippen LogP contribution in [0.4, 0.5) is 0 Å². The van der Waals surface area contributed by atoms with Crippen LogP contribution in [0.1, 0.15) is 0 Å². The zero-order valence-corrected chi connectivity index (χ0v) is 8.04. The lowest BCUT2D eigenvalue weighted by atomic mass is 10.2. The number of aromatic amines is 1. The molecule has 0 spiro atoms. The highest BCUT2D eigenvalue weighted by Crippen LogP contribution is 2.24. The molecule has 0 aliphatic heterocycles. The Hall–Kier alpha value is -1.36. The summed E-state index contributed by atoms with van der Waals surface area (Å²) < 4.78 is 5.69. The molecule has 0 saturated heterocycles. The highest BCUT2D eigenvalue weighted by Gasteiger charge is 2.07. The number of benzene rings is 1. The van der Waals surface area contributed by atoms with Crippen LogP contribution in [-0.2, 0) is 0 Å². The first-order chi connectivity index (χ1) is 6.27. The van der Waals surface area contributed by atoms with Crippen molar-refractivity contribution in [3.8, 4) is 11.5 Å². The van der Waals surface area contributed by atoms with Crippen LogP contribution >= 0.6 is 15.9 Å². The molecule has 0 radical (unpaired) electrons. The zero-order valence-electron chi connectivity index (χ0n) is 6.45. The van der Waals surface area contributed by atoms with Gasteiger partial charge in [-0.2, -0.15) is 10.1 Å². The van der Waals surface area contributed by atoms with E-state index in [0.717, 1.165) is 10.0 Å². The van der Waals surface area contributed by atoms with Crippen molar-refractivity contribution in [2.45, 2.75) is 0 Å². The number of nitrogens with zero attached hydrogens (tertiary/aromatic N) is 1. The van der Waals surface area contributed by atoms with Crippen molar-refractivity contribution in [3.63, 3.8) is 0 Å². The smallest absolute Gasteiger partial charge is 0.357 e. The topological polar surface area (TPSA) is 58.9 Å². The molecule has 66 valence electrons. The third kappa shape index (κ3) is 1.55. The van der Waals surface area contributed by atoms with Gasteiger partial charge in [-0.25, -0.2) is 4.79 Å². The van der Waals surface area contributed by atoms with E-state index in [4.69, 9.17) is 4.52 Å². The summed E-state index contributed by atoms with van der Waals surface area (Å²) in [6.07, 6.45) is 0. The molecule has 0 fully saturated rings. The van der Waals surface area contributed by atoms with E-state index in [2.05, 4.69) is 26.1 Å². The van der Waals surface area contributed by atoms with E-state index in [1.54, 1.807) is 0 Å². The molecular formula is C8H5BrN2O2. The normalized spacial score (nSPS) is 10.2. The second-order valence-electron chi connectivity index (χ2n) is 2.41. The average Bonchev–Trinajstić information content (AvgIpc) is 2.53. The van der Waals surface area contributed by atoms with E-state index in [-0.39, 0.29) is 5.89 Å². The molecule has 0 aliphatic rings. The fraction of sp³-hybridized carbons (Fsp3) is 0. The fourth-order valence-corrected chi connectivity index (χ4v) is 1.43. The Morgan fingerprint density at radius 1 is 1.38 bits per heavy atom. The molecule has 13 heavy (non-hydrogen) atoms. The minimum atomic E-state index is -0.481. The molecule has 0 saturated carbocycles. The maximum Gasteiger partial charge on any atom is 0.377 e. The van der Waals surface area contributed by atoms with Crippen LogP contribution in [0.25, 0.3) is 11.5 Å². The lowest BCUT2D eigenvalue weighted by molar-refractivity contribution is 0.424. The maximum atomic E-state index is 10.7. The minimum absolute atomic E-state index is 0.289. The van der Waals surface area contributed by atoms with E-state index in [1.165, 1.54) is 0 Å². The van der Waals surface area contributed by atoms with Gasteiger partial charge in [-0.05, 0) is 28.1 Å². The van der Waals surface area contributed by atoms with Crippen molar-refractivity contribution in [2.24, 2.45) is 0 Å². The van der Waals surface area contributed by atoms with E-state index in [9.17, 15) is 4.79 Å². The van der Waals surface area contributed by atoms with Gasteiger partial charge in [-0.1, -0.05) is 12.1 Å². The Morgan fingerprint density at radius 3 is 2.77 bits per heavy atom. The monoisotopic (exact) mass is 240 g/mol. The lowest BCUT2D eigenvalue weighted by Crippen LogP contribution is -1.99. The number of aromatic nitrogens is 2. The van der Waals surface area contributed by atoms with E-state index < -0.39 is 5.69 Å². The molecule has 5 heteroatoms.